The number of carbonyl (C=O) groups excluding carboxylic acids is 1. The van der Waals surface area contributed by atoms with Gasteiger partial charge in [0.15, 0.2) is 0 Å². The van der Waals surface area contributed by atoms with Crippen molar-refractivity contribution in [1.29, 1.82) is 0 Å². The fourth-order valence-electron chi connectivity index (χ4n) is 3.39. The van der Waals surface area contributed by atoms with Crippen molar-refractivity contribution >= 4 is 15.9 Å². The van der Waals surface area contributed by atoms with Gasteiger partial charge in [0.1, 0.15) is 0 Å². The number of nitrogens with zero attached hydrogens (tertiary/aromatic N) is 4. The van der Waals surface area contributed by atoms with E-state index >= 15 is 0 Å². The molecule has 152 valence electrons. The van der Waals surface area contributed by atoms with Gasteiger partial charge in [0.2, 0.25) is 27.6 Å². The lowest BCUT2D eigenvalue weighted by molar-refractivity contribution is -0.136. The second-order valence-electron chi connectivity index (χ2n) is 7.17. The number of aryl methyl sites for hydroxylation is 1. The largest absolute Gasteiger partial charge is 0.337 e. The van der Waals surface area contributed by atoms with Crippen LogP contribution >= 0.6 is 0 Å². The molecule has 8 nitrogen and oxygen atoms in total. The first-order chi connectivity index (χ1) is 13.3. The molecule has 1 fully saturated rings. The number of rotatable bonds is 6. The van der Waals surface area contributed by atoms with Gasteiger partial charge in [0.25, 0.3) is 0 Å². The molecule has 1 atom stereocenters. The van der Waals surface area contributed by atoms with Gasteiger partial charge in [-0.15, -0.1) is 0 Å². The summed E-state index contributed by atoms with van der Waals surface area (Å²) in [6.45, 7) is 4.51. The van der Waals surface area contributed by atoms with E-state index in [1.807, 2.05) is 31.2 Å². The minimum atomic E-state index is -3.28. The van der Waals surface area contributed by atoms with Gasteiger partial charge in [-0.25, -0.2) is 12.7 Å². The van der Waals surface area contributed by atoms with E-state index in [1.54, 1.807) is 14.0 Å². The Morgan fingerprint density at radius 3 is 2.89 bits per heavy atom. The fraction of sp³-hybridized carbons (Fsp3) is 0.526. The van der Waals surface area contributed by atoms with Gasteiger partial charge >= 0.3 is 0 Å². The molecule has 0 saturated carbocycles. The number of sulfonamides is 1. The molecule has 3 rings (SSSR count). The zero-order valence-corrected chi connectivity index (χ0v) is 17.3. The van der Waals surface area contributed by atoms with Crippen molar-refractivity contribution in [2.45, 2.75) is 33.2 Å². The van der Waals surface area contributed by atoms with Crippen molar-refractivity contribution in [2.75, 3.05) is 25.9 Å². The van der Waals surface area contributed by atoms with Crippen molar-refractivity contribution in [1.82, 2.24) is 19.3 Å². The Kier molecular flexibility index (Phi) is 6.14. The summed E-state index contributed by atoms with van der Waals surface area (Å²) in [5, 5.41) is 4.00. The molecule has 0 radical (unpaired) electrons. The van der Waals surface area contributed by atoms with Crippen LogP contribution in [0.3, 0.4) is 0 Å². The molecule has 1 aliphatic rings. The number of aromatic nitrogens is 2. The first kappa shape index (κ1) is 20.5. The van der Waals surface area contributed by atoms with Gasteiger partial charge in [0, 0.05) is 25.7 Å². The van der Waals surface area contributed by atoms with Crippen LogP contribution in [0, 0.1) is 12.8 Å². The summed E-state index contributed by atoms with van der Waals surface area (Å²) >= 11 is 0. The van der Waals surface area contributed by atoms with Crippen LogP contribution in [-0.4, -0.2) is 59.6 Å². The molecule has 0 aliphatic carbocycles. The average Bonchev–Trinajstić information content (AvgIpc) is 3.16. The van der Waals surface area contributed by atoms with E-state index < -0.39 is 10.0 Å². The summed E-state index contributed by atoms with van der Waals surface area (Å²) in [6.07, 6.45) is 1.36. The normalized spacial score (nSPS) is 18.2. The van der Waals surface area contributed by atoms with Gasteiger partial charge in [0.05, 0.1) is 18.2 Å². The molecular weight excluding hydrogens is 380 g/mol. The maximum absolute atomic E-state index is 12.8. The summed E-state index contributed by atoms with van der Waals surface area (Å²) in [5.74, 6) is 0.428. The molecule has 0 spiro atoms. The third-order valence-electron chi connectivity index (χ3n) is 4.98. The van der Waals surface area contributed by atoms with E-state index in [1.165, 1.54) is 9.21 Å². The number of hydrogen-bond acceptors (Lipinski definition) is 6. The van der Waals surface area contributed by atoms with Crippen LogP contribution in [0.15, 0.2) is 28.8 Å². The van der Waals surface area contributed by atoms with Crippen LogP contribution in [0.2, 0.25) is 0 Å². The number of hydrogen-bond donors (Lipinski definition) is 0. The molecule has 1 saturated heterocycles. The van der Waals surface area contributed by atoms with Crippen LogP contribution in [0.4, 0.5) is 0 Å². The highest BCUT2D eigenvalue weighted by Gasteiger charge is 2.33. The first-order valence-corrected chi connectivity index (χ1v) is 11.0. The lowest BCUT2D eigenvalue weighted by Gasteiger charge is -2.32. The summed E-state index contributed by atoms with van der Waals surface area (Å²) in [7, 11) is -1.61. The number of piperidine rings is 1. The summed E-state index contributed by atoms with van der Waals surface area (Å²) < 4.78 is 30.9. The molecule has 0 unspecified atom stereocenters. The minimum Gasteiger partial charge on any atom is -0.337 e. The zero-order chi connectivity index (χ0) is 20.3. The molecule has 0 bridgehead atoms. The molecule has 28 heavy (non-hydrogen) atoms. The Bertz CT molecular complexity index is 941. The Hall–Kier alpha value is -2.26. The summed E-state index contributed by atoms with van der Waals surface area (Å²) in [4.78, 5) is 18.7. The van der Waals surface area contributed by atoms with Crippen molar-refractivity contribution in [2.24, 2.45) is 5.92 Å². The first-order valence-electron chi connectivity index (χ1n) is 9.42. The van der Waals surface area contributed by atoms with Crippen molar-refractivity contribution in [3.63, 3.8) is 0 Å². The fourth-order valence-corrected chi connectivity index (χ4v) is 4.57. The number of amides is 1. The molecule has 0 N–H and O–H groups in total. The van der Waals surface area contributed by atoms with Gasteiger partial charge in [-0.3, -0.25) is 4.79 Å². The minimum absolute atomic E-state index is 0.0491. The standard InChI is InChI=1S/C19H26N4O4S/c1-4-28(25,26)23-10-6-9-16(12-23)19(24)22(3)13-17-20-18(21-27-17)15-8-5-7-14(2)11-15/h5,7-8,11,16H,4,6,9-10,12-13H2,1-3H3/t16-/m1/s1. The highest BCUT2D eigenvalue weighted by Crippen LogP contribution is 2.22. The summed E-state index contributed by atoms with van der Waals surface area (Å²) in [5.41, 5.74) is 1.96. The molecule has 1 aromatic heterocycles. The van der Waals surface area contributed by atoms with E-state index in [-0.39, 0.29) is 30.7 Å². The van der Waals surface area contributed by atoms with Crippen LogP contribution in [-0.2, 0) is 21.4 Å². The second kappa shape index (κ2) is 8.40. The highest BCUT2D eigenvalue weighted by molar-refractivity contribution is 7.89. The Balaban J connectivity index is 1.64. The molecule has 1 aliphatic heterocycles. The molecule has 2 heterocycles. The smallest absolute Gasteiger partial charge is 0.246 e. The van der Waals surface area contributed by atoms with Crippen LogP contribution in [0.5, 0.6) is 0 Å². The van der Waals surface area contributed by atoms with E-state index in [9.17, 15) is 13.2 Å². The van der Waals surface area contributed by atoms with Crippen LogP contribution < -0.4 is 0 Å². The second-order valence-corrected chi connectivity index (χ2v) is 9.43. The highest BCUT2D eigenvalue weighted by atomic mass is 32.2. The third kappa shape index (κ3) is 4.59. The maximum atomic E-state index is 12.8. The lowest BCUT2D eigenvalue weighted by atomic mass is 9.98. The summed E-state index contributed by atoms with van der Waals surface area (Å²) in [6, 6.07) is 7.79. The predicted octanol–water partition coefficient (Wildman–Crippen LogP) is 2.07. The predicted molar refractivity (Wildman–Crippen MR) is 105 cm³/mol. The Morgan fingerprint density at radius 2 is 2.18 bits per heavy atom. The number of carbonyl (C=O) groups is 1. The van der Waals surface area contributed by atoms with E-state index in [0.29, 0.717) is 31.1 Å². The van der Waals surface area contributed by atoms with Gasteiger partial charge < -0.3 is 9.42 Å². The molecule has 2 aromatic rings. The molecular formula is C19H26N4O4S. The monoisotopic (exact) mass is 406 g/mol. The number of benzene rings is 1. The van der Waals surface area contributed by atoms with Crippen molar-refractivity contribution < 1.29 is 17.7 Å². The maximum Gasteiger partial charge on any atom is 0.246 e. The van der Waals surface area contributed by atoms with Crippen molar-refractivity contribution in [3.05, 3.63) is 35.7 Å². The lowest BCUT2D eigenvalue weighted by Crippen LogP contribution is -2.46. The quantitative estimate of drug-likeness (QED) is 0.729. The molecule has 1 aromatic carbocycles. The van der Waals surface area contributed by atoms with Gasteiger partial charge in [-0.1, -0.05) is 28.9 Å². The Labute approximate surface area is 165 Å². The molecule has 1 amide bonds. The van der Waals surface area contributed by atoms with Crippen molar-refractivity contribution in [3.8, 4) is 11.4 Å². The van der Waals surface area contributed by atoms with E-state index in [4.69, 9.17) is 4.52 Å². The van der Waals surface area contributed by atoms with Crippen LogP contribution in [0.1, 0.15) is 31.2 Å². The van der Waals surface area contributed by atoms with Gasteiger partial charge in [-0.2, -0.15) is 4.98 Å². The van der Waals surface area contributed by atoms with E-state index in [0.717, 1.165) is 11.1 Å². The SMILES string of the molecule is CCS(=O)(=O)N1CCC[C@@H](C(=O)N(C)Cc2nc(-c3cccc(C)c3)no2)C1. The molecule has 9 heteroatoms. The third-order valence-corrected chi connectivity index (χ3v) is 6.83. The zero-order valence-electron chi connectivity index (χ0n) is 16.5. The van der Waals surface area contributed by atoms with Crippen LogP contribution in [0.25, 0.3) is 11.4 Å². The Morgan fingerprint density at radius 1 is 1.39 bits per heavy atom. The van der Waals surface area contributed by atoms with E-state index in [2.05, 4.69) is 10.1 Å². The van der Waals surface area contributed by atoms with Gasteiger partial charge in [-0.05, 0) is 32.8 Å². The topological polar surface area (TPSA) is 96.6 Å². The average molecular weight is 407 g/mol.